The summed E-state index contributed by atoms with van der Waals surface area (Å²) in [6, 6.07) is 7.77. The first-order valence-corrected chi connectivity index (χ1v) is 7.60. The highest BCUT2D eigenvalue weighted by atomic mass is 35.5. The van der Waals surface area contributed by atoms with Crippen LogP contribution in [0.15, 0.2) is 35.4 Å². The Morgan fingerprint density at radius 3 is 2.36 bits per heavy atom. The van der Waals surface area contributed by atoms with E-state index in [4.69, 9.17) is 21.1 Å². The number of nitrogens with one attached hydrogen (secondary N) is 1. The van der Waals surface area contributed by atoms with Gasteiger partial charge < -0.3 is 14.8 Å². The smallest absolute Gasteiger partial charge is 0.407 e. The summed E-state index contributed by atoms with van der Waals surface area (Å²) in [5, 5.41) is 2.72. The molecule has 0 radical (unpaired) electrons. The molecule has 1 amide bonds. The number of amides is 1. The average Bonchev–Trinajstić information content (AvgIpc) is 2.46. The maximum atomic E-state index is 11.7. The van der Waals surface area contributed by atoms with Gasteiger partial charge in [-0.3, -0.25) is 0 Å². The van der Waals surface area contributed by atoms with E-state index in [0.29, 0.717) is 6.54 Å². The molecule has 0 aliphatic heterocycles. The van der Waals surface area contributed by atoms with Gasteiger partial charge in [-0.05, 0) is 44.0 Å². The van der Waals surface area contributed by atoms with Crippen LogP contribution in [-0.4, -0.2) is 25.3 Å². The maximum Gasteiger partial charge on any atom is 0.407 e. The molecule has 1 aromatic carbocycles. The Balaban J connectivity index is 2.65. The van der Waals surface area contributed by atoms with E-state index < -0.39 is 11.7 Å². The van der Waals surface area contributed by atoms with Crippen molar-refractivity contribution in [3.05, 3.63) is 40.9 Å². The fourth-order valence-corrected chi connectivity index (χ4v) is 2.15. The molecule has 4 nitrogen and oxygen atoms in total. The van der Waals surface area contributed by atoms with E-state index in [1.54, 1.807) is 7.11 Å². The van der Waals surface area contributed by atoms with Gasteiger partial charge in [0.25, 0.3) is 0 Å². The van der Waals surface area contributed by atoms with Gasteiger partial charge in [-0.2, -0.15) is 0 Å². The molecular weight excluding hydrogens is 302 g/mol. The van der Waals surface area contributed by atoms with Crippen LogP contribution in [0.25, 0.3) is 0 Å². The highest BCUT2D eigenvalue weighted by Crippen LogP contribution is 2.25. The Morgan fingerprint density at radius 2 is 1.91 bits per heavy atom. The molecule has 0 bridgehead atoms. The number of rotatable bonds is 5. The lowest BCUT2D eigenvalue weighted by atomic mass is 9.94. The fourth-order valence-electron chi connectivity index (χ4n) is 1.88. The van der Waals surface area contributed by atoms with Crippen LogP contribution in [0.2, 0.25) is 0 Å². The van der Waals surface area contributed by atoms with Crippen molar-refractivity contribution in [3.63, 3.8) is 0 Å². The Hall–Kier alpha value is -1.68. The molecule has 0 spiro atoms. The van der Waals surface area contributed by atoms with Gasteiger partial charge in [-0.1, -0.05) is 30.7 Å². The van der Waals surface area contributed by atoms with Gasteiger partial charge in [0.05, 0.1) is 7.11 Å². The average molecular weight is 326 g/mol. The number of hydrogen-bond donors (Lipinski definition) is 1. The third-order valence-corrected chi connectivity index (χ3v) is 3.43. The predicted octanol–water partition coefficient (Wildman–Crippen LogP) is 4.45. The predicted molar refractivity (Wildman–Crippen MR) is 89.6 cm³/mol. The number of ether oxygens (including phenoxy) is 2. The summed E-state index contributed by atoms with van der Waals surface area (Å²) in [5.41, 5.74) is 2.99. The van der Waals surface area contributed by atoms with Crippen LogP contribution < -0.4 is 10.1 Å². The van der Waals surface area contributed by atoms with E-state index in [0.717, 1.165) is 16.9 Å². The van der Waals surface area contributed by atoms with E-state index in [2.05, 4.69) is 5.32 Å². The van der Waals surface area contributed by atoms with E-state index in [1.165, 1.54) is 5.54 Å². The lowest BCUT2D eigenvalue weighted by Crippen LogP contribution is -2.34. The van der Waals surface area contributed by atoms with Crippen molar-refractivity contribution < 1.29 is 14.3 Å². The van der Waals surface area contributed by atoms with Gasteiger partial charge >= 0.3 is 6.09 Å². The van der Waals surface area contributed by atoms with E-state index >= 15 is 0 Å². The molecule has 1 N–H and O–H groups in total. The molecule has 0 heterocycles. The van der Waals surface area contributed by atoms with Crippen LogP contribution in [0, 0.1) is 0 Å². The van der Waals surface area contributed by atoms with Gasteiger partial charge in [0, 0.05) is 18.0 Å². The van der Waals surface area contributed by atoms with Crippen LogP contribution in [-0.2, 0) is 4.74 Å². The molecule has 0 fully saturated rings. The van der Waals surface area contributed by atoms with Crippen molar-refractivity contribution in [1.82, 2.24) is 5.32 Å². The van der Waals surface area contributed by atoms with Crippen LogP contribution in [0.1, 0.15) is 39.2 Å². The molecule has 0 aliphatic carbocycles. The molecule has 0 saturated heterocycles. The van der Waals surface area contributed by atoms with Crippen molar-refractivity contribution in [2.45, 2.75) is 39.2 Å². The van der Waals surface area contributed by atoms with Crippen LogP contribution >= 0.6 is 11.6 Å². The van der Waals surface area contributed by atoms with Crippen molar-refractivity contribution in [1.29, 1.82) is 0 Å². The van der Waals surface area contributed by atoms with E-state index in [-0.39, 0.29) is 5.92 Å². The van der Waals surface area contributed by atoms with E-state index in [1.807, 2.05) is 52.0 Å². The van der Waals surface area contributed by atoms with Gasteiger partial charge in [0.2, 0.25) is 0 Å². The lowest BCUT2D eigenvalue weighted by molar-refractivity contribution is 0.0532. The topological polar surface area (TPSA) is 47.6 Å². The van der Waals surface area contributed by atoms with Crippen molar-refractivity contribution in [3.8, 4) is 5.75 Å². The second-order valence-corrected chi connectivity index (χ2v) is 6.25. The summed E-state index contributed by atoms with van der Waals surface area (Å²) >= 11 is 5.91. The molecule has 1 aromatic rings. The second kappa shape index (κ2) is 8.08. The summed E-state index contributed by atoms with van der Waals surface area (Å²) < 4.78 is 10.4. The molecule has 122 valence electrons. The SMILES string of the molecule is COc1ccc(C(C)C(=CCl)CNC(=O)OC(C)(C)C)cc1. The second-order valence-electron chi connectivity index (χ2n) is 6.03. The minimum absolute atomic E-state index is 0.0818. The number of halogens is 1. The summed E-state index contributed by atoms with van der Waals surface area (Å²) in [4.78, 5) is 11.7. The Kier molecular flexibility index (Phi) is 6.75. The molecule has 5 heteroatoms. The molecule has 22 heavy (non-hydrogen) atoms. The van der Waals surface area contributed by atoms with Gasteiger partial charge in [-0.25, -0.2) is 4.79 Å². The van der Waals surface area contributed by atoms with Gasteiger partial charge in [-0.15, -0.1) is 0 Å². The number of hydrogen-bond acceptors (Lipinski definition) is 3. The van der Waals surface area contributed by atoms with Crippen molar-refractivity contribution >= 4 is 17.7 Å². The summed E-state index contributed by atoms with van der Waals surface area (Å²) in [6.45, 7) is 7.85. The minimum atomic E-state index is -0.517. The molecule has 1 atom stereocenters. The zero-order valence-corrected chi connectivity index (χ0v) is 14.5. The van der Waals surface area contributed by atoms with Crippen molar-refractivity contribution in [2.75, 3.05) is 13.7 Å². The Labute approximate surface area is 137 Å². The maximum absolute atomic E-state index is 11.7. The number of alkyl carbamates (subject to hydrolysis) is 1. The number of carbonyl (C=O) groups excluding carboxylic acids is 1. The zero-order valence-electron chi connectivity index (χ0n) is 13.8. The first-order valence-electron chi connectivity index (χ1n) is 7.16. The first-order chi connectivity index (χ1) is 10.3. The van der Waals surface area contributed by atoms with Crippen LogP contribution in [0.4, 0.5) is 4.79 Å². The summed E-state index contributed by atoms with van der Waals surface area (Å²) in [5.74, 6) is 0.887. The minimum Gasteiger partial charge on any atom is -0.497 e. The van der Waals surface area contributed by atoms with Crippen LogP contribution in [0.3, 0.4) is 0 Å². The third kappa shape index (κ3) is 5.98. The van der Waals surface area contributed by atoms with Gasteiger partial charge in [0.15, 0.2) is 0 Å². The molecule has 0 aliphatic rings. The number of carbonyl (C=O) groups is 1. The summed E-state index contributed by atoms with van der Waals surface area (Å²) in [7, 11) is 1.63. The highest BCUT2D eigenvalue weighted by Gasteiger charge is 2.17. The Bertz CT molecular complexity index is 518. The first kappa shape index (κ1) is 18.4. The normalized spacial score (nSPS) is 13.5. The molecule has 1 rings (SSSR count). The number of methoxy groups -OCH3 is 1. The molecule has 0 aromatic heterocycles. The highest BCUT2D eigenvalue weighted by molar-refractivity contribution is 6.25. The Morgan fingerprint density at radius 1 is 1.32 bits per heavy atom. The number of benzene rings is 1. The third-order valence-electron chi connectivity index (χ3n) is 3.15. The fraction of sp³-hybridized carbons (Fsp3) is 0.471. The molecule has 1 unspecified atom stereocenters. The summed E-state index contributed by atoms with van der Waals surface area (Å²) in [6.07, 6.45) is -0.453. The molecular formula is C17H24ClNO3. The standard InChI is InChI=1S/C17H24ClNO3/c1-12(13-6-8-15(21-5)9-7-13)14(10-18)11-19-16(20)22-17(2,3)4/h6-10,12H,11H2,1-5H3,(H,19,20). The van der Waals surface area contributed by atoms with Gasteiger partial charge in [0.1, 0.15) is 11.4 Å². The lowest BCUT2D eigenvalue weighted by Gasteiger charge is -2.21. The largest absolute Gasteiger partial charge is 0.497 e. The van der Waals surface area contributed by atoms with Crippen LogP contribution in [0.5, 0.6) is 5.75 Å². The molecule has 0 saturated carbocycles. The van der Waals surface area contributed by atoms with Crippen molar-refractivity contribution in [2.24, 2.45) is 0 Å². The monoisotopic (exact) mass is 325 g/mol. The van der Waals surface area contributed by atoms with E-state index in [9.17, 15) is 4.79 Å². The quantitative estimate of drug-likeness (QED) is 0.870. The zero-order chi connectivity index (χ0) is 16.8.